The van der Waals surface area contributed by atoms with Crippen molar-refractivity contribution in [2.45, 2.75) is 31.2 Å². The second kappa shape index (κ2) is 5.70. The van der Waals surface area contributed by atoms with Gasteiger partial charge in [0.25, 0.3) is 0 Å². The molecule has 0 aromatic heterocycles. The van der Waals surface area contributed by atoms with Crippen LogP contribution in [0.25, 0.3) is 11.1 Å². The van der Waals surface area contributed by atoms with Gasteiger partial charge in [0.05, 0.1) is 4.90 Å². The second-order valence-electron chi connectivity index (χ2n) is 6.05. The van der Waals surface area contributed by atoms with Gasteiger partial charge in [-0.25, -0.2) is 17.5 Å². The fourth-order valence-corrected chi connectivity index (χ4v) is 3.46. The predicted octanol–water partition coefficient (Wildman–Crippen LogP) is 3.28. The van der Waals surface area contributed by atoms with E-state index in [1.54, 1.807) is 32.9 Å². The Morgan fingerprint density at radius 2 is 1.68 bits per heavy atom. The molecule has 2 aromatic carbocycles. The minimum Gasteiger partial charge on any atom is -0.505 e. The highest BCUT2D eigenvalue weighted by Crippen LogP contribution is 2.26. The number of aromatic hydroxyl groups is 1. The molecule has 0 fully saturated rings. The van der Waals surface area contributed by atoms with Crippen LogP contribution in [-0.2, 0) is 10.0 Å². The molecule has 118 valence electrons. The van der Waals surface area contributed by atoms with Crippen molar-refractivity contribution in [3.05, 3.63) is 48.3 Å². The molecular weight excluding hydrogens is 305 g/mol. The predicted molar refractivity (Wildman–Crippen MR) is 83.6 cm³/mol. The van der Waals surface area contributed by atoms with Crippen LogP contribution >= 0.6 is 0 Å². The number of sulfonamides is 1. The zero-order valence-corrected chi connectivity index (χ0v) is 13.4. The number of hydrogen-bond donors (Lipinski definition) is 2. The van der Waals surface area contributed by atoms with Gasteiger partial charge in [-0.3, -0.25) is 0 Å². The Balaban J connectivity index is 2.44. The molecule has 0 spiro atoms. The Bertz CT molecular complexity index is 795. The van der Waals surface area contributed by atoms with Gasteiger partial charge in [0.2, 0.25) is 10.0 Å². The summed E-state index contributed by atoms with van der Waals surface area (Å²) < 4.78 is 40.7. The summed E-state index contributed by atoms with van der Waals surface area (Å²) >= 11 is 0. The molecule has 2 rings (SSSR count). The maximum atomic E-state index is 13.4. The van der Waals surface area contributed by atoms with Crippen molar-refractivity contribution < 1.29 is 17.9 Å². The fraction of sp³-hybridized carbons (Fsp3) is 0.250. The van der Waals surface area contributed by atoms with Crippen molar-refractivity contribution in [3.63, 3.8) is 0 Å². The summed E-state index contributed by atoms with van der Waals surface area (Å²) in [5.74, 6) is -1.19. The number of rotatable bonds is 3. The lowest BCUT2D eigenvalue weighted by Gasteiger charge is -2.20. The highest BCUT2D eigenvalue weighted by Gasteiger charge is 2.22. The van der Waals surface area contributed by atoms with Crippen LogP contribution in [0.3, 0.4) is 0 Å². The van der Waals surface area contributed by atoms with Gasteiger partial charge in [-0.2, -0.15) is 0 Å². The normalized spacial score (nSPS) is 12.4. The Morgan fingerprint density at radius 3 is 2.27 bits per heavy atom. The first-order valence-electron chi connectivity index (χ1n) is 6.71. The Hall–Kier alpha value is -1.92. The van der Waals surface area contributed by atoms with E-state index in [0.717, 1.165) is 6.07 Å². The van der Waals surface area contributed by atoms with E-state index in [2.05, 4.69) is 4.72 Å². The average molecular weight is 323 g/mol. The summed E-state index contributed by atoms with van der Waals surface area (Å²) in [4.78, 5) is 0.105. The van der Waals surface area contributed by atoms with Crippen molar-refractivity contribution in [1.82, 2.24) is 4.72 Å². The standard InChI is InChI=1S/C16H18FNO3S/c1-16(2,3)18-22(20,21)13-6-4-5-11(9-13)12-7-8-15(19)14(17)10-12/h4-10,18-19H,1-3H3. The average Bonchev–Trinajstić information content (AvgIpc) is 2.39. The number of phenolic OH excluding ortho intramolecular Hbond substituents is 1. The second-order valence-corrected chi connectivity index (χ2v) is 7.73. The van der Waals surface area contributed by atoms with E-state index >= 15 is 0 Å². The molecule has 0 saturated carbocycles. The summed E-state index contributed by atoms with van der Waals surface area (Å²) in [5.41, 5.74) is 0.443. The number of nitrogens with one attached hydrogen (secondary N) is 1. The van der Waals surface area contributed by atoms with Crippen LogP contribution in [0.4, 0.5) is 4.39 Å². The monoisotopic (exact) mass is 323 g/mol. The highest BCUT2D eigenvalue weighted by molar-refractivity contribution is 7.89. The van der Waals surface area contributed by atoms with Crippen LogP contribution in [-0.4, -0.2) is 19.1 Å². The lowest BCUT2D eigenvalue weighted by Crippen LogP contribution is -2.40. The molecule has 0 saturated heterocycles. The molecule has 0 unspecified atom stereocenters. The molecule has 0 bridgehead atoms. The van der Waals surface area contributed by atoms with Gasteiger partial charge in [-0.15, -0.1) is 0 Å². The van der Waals surface area contributed by atoms with E-state index in [0.29, 0.717) is 11.1 Å². The number of phenols is 1. The van der Waals surface area contributed by atoms with Crippen molar-refractivity contribution >= 4 is 10.0 Å². The van der Waals surface area contributed by atoms with Gasteiger partial charge >= 0.3 is 0 Å². The Labute approximate surface area is 129 Å². The van der Waals surface area contributed by atoms with Crippen molar-refractivity contribution in [2.24, 2.45) is 0 Å². The zero-order chi connectivity index (χ0) is 16.5. The topological polar surface area (TPSA) is 66.4 Å². The lowest BCUT2D eigenvalue weighted by atomic mass is 10.1. The molecule has 0 heterocycles. The summed E-state index contributed by atoms with van der Waals surface area (Å²) in [7, 11) is -3.66. The van der Waals surface area contributed by atoms with Crippen molar-refractivity contribution in [3.8, 4) is 16.9 Å². The van der Waals surface area contributed by atoms with Gasteiger partial charge in [-0.05, 0) is 56.2 Å². The van der Waals surface area contributed by atoms with E-state index in [1.165, 1.54) is 24.3 Å². The van der Waals surface area contributed by atoms with Gasteiger partial charge in [0, 0.05) is 5.54 Å². The molecule has 2 aromatic rings. The SMILES string of the molecule is CC(C)(C)NS(=O)(=O)c1cccc(-c2ccc(O)c(F)c2)c1. The third-order valence-corrected chi connectivity index (χ3v) is 4.62. The minimum atomic E-state index is -3.66. The van der Waals surface area contributed by atoms with Gasteiger partial charge in [0.1, 0.15) is 0 Å². The van der Waals surface area contributed by atoms with E-state index < -0.39 is 27.1 Å². The Kier molecular flexibility index (Phi) is 4.26. The van der Waals surface area contributed by atoms with Gasteiger partial charge < -0.3 is 5.11 Å². The number of benzene rings is 2. The summed E-state index contributed by atoms with van der Waals surface area (Å²) in [6, 6.07) is 10.2. The summed E-state index contributed by atoms with van der Waals surface area (Å²) in [6.45, 7) is 5.26. The molecule has 0 radical (unpaired) electrons. The molecule has 4 nitrogen and oxygen atoms in total. The fourth-order valence-electron chi connectivity index (χ4n) is 1.99. The quantitative estimate of drug-likeness (QED) is 0.911. The van der Waals surface area contributed by atoms with E-state index in [4.69, 9.17) is 0 Å². The van der Waals surface area contributed by atoms with E-state index in [9.17, 15) is 17.9 Å². The molecule has 0 atom stereocenters. The third-order valence-electron chi connectivity index (χ3n) is 2.87. The third kappa shape index (κ3) is 3.84. The molecule has 2 N–H and O–H groups in total. The molecule has 22 heavy (non-hydrogen) atoms. The maximum absolute atomic E-state index is 13.4. The van der Waals surface area contributed by atoms with Crippen LogP contribution in [0.1, 0.15) is 20.8 Å². The van der Waals surface area contributed by atoms with E-state index in [-0.39, 0.29) is 4.90 Å². The van der Waals surface area contributed by atoms with Crippen LogP contribution in [0.15, 0.2) is 47.4 Å². The van der Waals surface area contributed by atoms with Crippen molar-refractivity contribution in [1.29, 1.82) is 0 Å². The molecular formula is C16H18FNO3S. The first-order chi connectivity index (χ1) is 10.1. The summed E-state index contributed by atoms with van der Waals surface area (Å²) in [6.07, 6.45) is 0. The molecule has 0 aliphatic heterocycles. The maximum Gasteiger partial charge on any atom is 0.241 e. The first kappa shape index (κ1) is 16.5. The molecule has 0 aliphatic carbocycles. The minimum absolute atomic E-state index is 0.105. The smallest absolute Gasteiger partial charge is 0.241 e. The van der Waals surface area contributed by atoms with Crippen LogP contribution in [0, 0.1) is 5.82 Å². The molecule has 0 aliphatic rings. The van der Waals surface area contributed by atoms with Crippen LogP contribution < -0.4 is 4.72 Å². The number of halogens is 1. The lowest BCUT2D eigenvalue weighted by molar-refractivity contribution is 0.432. The molecule has 6 heteroatoms. The highest BCUT2D eigenvalue weighted by atomic mass is 32.2. The van der Waals surface area contributed by atoms with E-state index in [1.807, 2.05) is 0 Å². The van der Waals surface area contributed by atoms with Gasteiger partial charge in [-0.1, -0.05) is 18.2 Å². The van der Waals surface area contributed by atoms with Crippen LogP contribution in [0.5, 0.6) is 5.75 Å². The first-order valence-corrected chi connectivity index (χ1v) is 8.20. The van der Waals surface area contributed by atoms with Crippen LogP contribution in [0.2, 0.25) is 0 Å². The Morgan fingerprint density at radius 1 is 1.05 bits per heavy atom. The summed E-state index contributed by atoms with van der Waals surface area (Å²) in [5, 5.41) is 9.22. The zero-order valence-electron chi connectivity index (χ0n) is 12.6. The van der Waals surface area contributed by atoms with Crippen molar-refractivity contribution in [2.75, 3.05) is 0 Å². The van der Waals surface area contributed by atoms with Gasteiger partial charge in [0.15, 0.2) is 11.6 Å². The number of hydrogen-bond acceptors (Lipinski definition) is 3. The largest absolute Gasteiger partial charge is 0.505 e. The molecule has 0 amide bonds.